The van der Waals surface area contributed by atoms with Crippen molar-refractivity contribution in [3.63, 3.8) is 0 Å². The molecular weight excluding hydrogens is 363 g/mol. The van der Waals surface area contributed by atoms with Crippen molar-refractivity contribution in [2.75, 3.05) is 5.32 Å². The molecule has 0 atom stereocenters. The molecule has 0 saturated carbocycles. The average Bonchev–Trinajstić information content (AvgIpc) is 2.69. The van der Waals surface area contributed by atoms with Crippen molar-refractivity contribution in [3.05, 3.63) is 94.8 Å². The second-order valence-electron chi connectivity index (χ2n) is 7.36. The Balaban J connectivity index is 1.86. The molecule has 4 aromatic rings. The zero-order valence-corrected chi connectivity index (χ0v) is 16.6. The summed E-state index contributed by atoms with van der Waals surface area (Å²) in [4.78, 5) is 17.9. The molecule has 0 aliphatic rings. The number of pyridine rings is 1. The van der Waals surface area contributed by atoms with Crippen molar-refractivity contribution >= 4 is 22.5 Å². The highest BCUT2D eigenvalue weighted by molar-refractivity contribution is 6.13. The van der Waals surface area contributed by atoms with Gasteiger partial charge in [0.05, 0.1) is 16.8 Å². The molecule has 0 saturated heterocycles. The molecule has 0 fully saturated rings. The number of carbonyl (C=O) groups excluding carboxylic acids is 1. The number of nitrogens with zero attached hydrogens (tertiary/aromatic N) is 1. The predicted octanol–water partition coefficient (Wildman–Crippen LogP) is 6.22. The Morgan fingerprint density at radius 3 is 2.24 bits per heavy atom. The van der Waals surface area contributed by atoms with E-state index in [0.29, 0.717) is 11.3 Å². The molecule has 0 aliphatic carbocycles. The lowest BCUT2D eigenvalue weighted by Crippen LogP contribution is -2.13. The third-order valence-corrected chi connectivity index (χ3v) is 4.94. The van der Waals surface area contributed by atoms with Gasteiger partial charge in [-0.05, 0) is 74.9 Å². The van der Waals surface area contributed by atoms with Gasteiger partial charge in [-0.1, -0.05) is 29.3 Å². The minimum absolute atomic E-state index is 0.199. The van der Waals surface area contributed by atoms with Crippen molar-refractivity contribution in [1.82, 2.24) is 4.98 Å². The number of hydrogen-bond donors (Lipinski definition) is 1. The first-order chi connectivity index (χ1) is 13.9. The van der Waals surface area contributed by atoms with Gasteiger partial charge in [0.2, 0.25) is 0 Å². The van der Waals surface area contributed by atoms with Gasteiger partial charge < -0.3 is 5.32 Å². The van der Waals surface area contributed by atoms with Crippen LogP contribution >= 0.6 is 0 Å². The molecule has 3 aromatic carbocycles. The first-order valence-corrected chi connectivity index (χ1v) is 9.47. The minimum Gasteiger partial charge on any atom is -0.322 e. The van der Waals surface area contributed by atoms with E-state index in [0.717, 1.165) is 38.8 Å². The monoisotopic (exact) mass is 384 g/mol. The van der Waals surface area contributed by atoms with E-state index in [1.807, 2.05) is 57.2 Å². The van der Waals surface area contributed by atoms with Crippen LogP contribution < -0.4 is 5.32 Å². The number of anilines is 1. The lowest BCUT2D eigenvalue weighted by atomic mass is 9.99. The summed E-state index contributed by atoms with van der Waals surface area (Å²) < 4.78 is 13.4. The zero-order chi connectivity index (χ0) is 20.5. The van der Waals surface area contributed by atoms with E-state index in [4.69, 9.17) is 4.98 Å². The fraction of sp³-hybridized carbons (Fsp3) is 0.120. The highest BCUT2D eigenvalue weighted by atomic mass is 19.1. The third kappa shape index (κ3) is 3.87. The van der Waals surface area contributed by atoms with Gasteiger partial charge in [-0.3, -0.25) is 4.79 Å². The molecule has 0 aliphatic heterocycles. The molecular formula is C25H21FN2O. The summed E-state index contributed by atoms with van der Waals surface area (Å²) in [7, 11) is 0. The largest absolute Gasteiger partial charge is 0.322 e. The summed E-state index contributed by atoms with van der Waals surface area (Å²) in [6, 6.07) is 19.6. The second kappa shape index (κ2) is 7.47. The van der Waals surface area contributed by atoms with Crippen molar-refractivity contribution < 1.29 is 9.18 Å². The summed E-state index contributed by atoms with van der Waals surface area (Å²) in [5.41, 5.74) is 6.63. The predicted molar refractivity (Wildman–Crippen MR) is 116 cm³/mol. The maximum Gasteiger partial charge on any atom is 0.256 e. The molecule has 4 rings (SSSR count). The van der Waals surface area contributed by atoms with Gasteiger partial charge in [0, 0.05) is 16.6 Å². The maximum absolute atomic E-state index is 13.4. The lowest BCUT2D eigenvalue weighted by Gasteiger charge is -2.13. The van der Waals surface area contributed by atoms with E-state index in [-0.39, 0.29) is 11.7 Å². The van der Waals surface area contributed by atoms with Gasteiger partial charge in [-0.15, -0.1) is 0 Å². The smallest absolute Gasteiger partial charge is 0.256 e. The highest BCUT2D eigenvalue weighted by Gasteiger charge is 2.16. The number of amides is 1. The molecule has 1 N–H and O–H groups in total. The van der Waals surface area contributed by atoms with Crippen LogP contribution in [0.5, 0.6) is 0 Å². The summed E-state index contributed by atoms with van der Waals surface area (Å²) in [5.74, 6) is -0.506. The Hall–Kier alpha value is -3.53. The van der Waals surface area contributed by atoms with E-state index >= 15 is 0 Å². The quantitative estimate of drug-likeness (QED) is 0.456. The molecule has 0 bridgehead atoms. The van der Waals surface area contributed by atoms with Gasteiger partial charge in [0.15, 0.2) is 0 Å². The summed E-state index contributed by atoms with van der Waals surface area (Å²) in [5, 5.41) is 3.78. The molecule has 0 radical (unpaired) electrons. The van der Waals surface area contributed by atoms with Crippen LogP contribution in [0.3, 0.4) is 0 Å². The standard InChI is InChI=1S/C25H21FN2O/c1-15-4-10-20(11-5-15)27-25(29)22-14-23(18-6-8-19(26)9-7-18)28-24-17(3)12-16(2)13-21(22)24/h4-14H,1-3H3,(H,27,29). The fourth-order valence-corrected chi connectivity index (χ4v) is 3.47. The van der Waals surface area contributed by atoms with Crippen LogP contribution in [-0.2, 0) is 0 Å². The van der Waals surface area contributed by atoms with E-state index in [2.05, 4.69) is 5.32 Å². The number of rotatable bonds is 3. The average molecular weight is 384 g/mol. The van der Waals surface area contributed by atoms with Crippen LogP contribution in [0.1, 0.15) is 27.0 Å². The Morgan fingerprint density at radius 1 is 0.862 bits per heavy atom. The van der Waals surface area contributed by atoms with Gasteiger partial charge in [-0.2, -0.15) is 0 Å². The summed E-state index contributed by atoms with van der Waals surface area (Å²) in [6.07, 6.45) is 0. The van der Waals surface area contributed by atoms with Crippen LogP contribution in [0.15, 0.2) is 66.7 Å². The summed E-state index contributed by atoms with van der Waals surface area (Å²) >= 11 is 0. The normalized spacial score (nSPS) is 10.9. The van der Waals surface area contributed by atoms with Crippen molar-refractivity contribution in [2.45, 2.75) is 20.8 Å². The van der Waals surface area contributed by atoms with Gasteiger partial charge in [0.25, 0.3) is 5.91 Å². The molecule has 4 heteroatoms. The number of aryl methyl sites for hydroxylation is 3. The number of hydrogen-bond acceptors (Lipinski definition) is 2. The van der Waals surface area contributed by atoms with Crippen LogP contribution in [0.2, 0.25) is 0 Å². The fourth-order valence-electron chi connectivity index (χ4n) is 3.47. The van der Waals surface area contributed by atoms with E-state index in [1.54, 1.807) is 18.2 Å². The molecule has 0 unspecified atom stereocenters. The lowest BCUT2D eigenvalue weighted by molar-refractivity contribution is 0.102. The van der Waals surface area contributed by atoms with Gasteiger partial charge in [0.1, 0.15) is 5.82 Å². The molecule has 1 aromatic heterocycles. The van der Waals surface area contributed by atoms with E-state index < -0.39 is 0 Å². The van der Waals surface area contributed by atoms with E-state index in [9.17, 15) is 9.18 Å². The number of nitrogens with one attached hydrogen (secondary N) is 1. The Bertz CT molecular complexity index is 1210. The number of benzene rings is 3. The van der Waals surface area contributed by atoms with Crippen LogP contribution in [0.25, 0.3) is 22.2 Å². The van der Waals surface area contributed by atoms with E-state index in [1.165, 1.54) is 12.1 Å². The van der Waals surface area contributed by atoms with Crippen molar-refractivity contribution in [2.24, 2.45) is 0 Å². The first kappa shape index (κ1) is 18.8. The second-order valence-corrected chi connectivity index (χ2v) is 7.36. The number of carbonyl (C=O) groups is 1. The molecule has 29 heavy (non-hydrogen) atoms. The van der Waals surface area contributed by atoms with Crippen LogP contribution in [0.4, 0.5) is 10.1 Å². The number of halogens is 1. The summed E-state index contributed by atoms with van der Waals surface area (Å²) in [6.45, 7) is 5.99. The molecule has 3 nitrogen and oxygen atoms in total. The molecule has 1 heterocycles. The number of fused-ring (bicyclic) bond motifs is 1. The first-order valence-electron chi connectivity index (χ1n) is 9.47. The molecule has 144 valence electrons. The van der Waals surface area contributed by atoms with Crippen molar-refractivity contribution in [1.29, 1.82) is 0 Å². The van der Waals surface area contributed by atoms with Gasteiger partial charge >= 0.3 is 0 Å². The Kier molecular flexibility index (Phi) is 4.85. The topological polar surface area (TPSA) is 42.0 Å². The number of aromatic nitrogens is 1. The zero-order valence-electron chi connectivity index (χ0n) is 16.6. The van der Waals surface area contributed by atoms with Crippen LogP contribution in [0, 0.1) is 26.6 Å². The maximum atomic E-state index is 13.4. The van der Waals surface area contributed by atoms with Gasteiger partial charge in [-0.25, -0.2) is 9.37 Å². The highest BCUT2D eigenvalue weighted by Crippen LogP contribution is 2.28. The van der Waals surface area contributed by atoms with Crippen LogP contribution in [-0.4, -0.2) is 10.9 Å². The third-order valence-electron chi connectivity index (χ3n) is 4.94. The Morgan fingerprint density at radius 2 is 1.55 bits per heavy atom. The molecule has 1 amide bonds. The Labute approximate surface area is 169 Å². The SMILES string of the molecule is Cc1ccc(NC(=O)c2cc(-c3ccc(F)cc3)nc3c(C)cc(C)cc23)cc1. The van der Waals surface area contributed by atoms with Crippen molar-refractivity contribution in [3.8, 4) is 11.3 Å². The molecule has 0 spiro atoms. The minimum atomic E-state index is -0.307.